The van der Waals surface area contributed by atoms with Crippen molar-refractivity contribution in [3.63, 3.8) is 0 Å². The maximum Gasteiger partial charge on any atom is 0.154 e. The highest BCUT2D eigenvalue weighted by atomic mass is 16.0. The van der Waals surface area contributed by atoms with Gasteiger partial charge < -0.3 is 10.8 Å². The summed E-state index contributed by atoms with van der Waals surface area (Å²) < 4.78 is 0. The van der Waals surface area contributed by atoms with E-state index in [9.17, 15) is 0 Å². The van der Waals surface area contributed by atoms with Crippen LogP contribution in [0.3, 0.4) is 0 Å². The second kappa shape index (κ2) is 9.03. The molecule has 3 N–H and O–H groups in total. The number of hydrogen-bond donors (Lipinski definition) is 2. The number of nitrogens with one attached hydrogen (secondary N) is 2. The molecule has 0 radical (unpaired) electrons. The highest BCUT2D eigenvalue weighted by molar-refractivity contribution is 4.71. The monoisotopic (exact) mass is 200 g/mol. The van der Waals surface area contributed by atoms with Gasteiger partial charge in [-0.3, -0.25) is 4.90 Å². The molecule has 1 aliphatic rings. The predicted molar refractivity (Wildman–Crippen MR) is 58.3 cm³/mol. The summed E-state index contributed by atoms with van der Waals surface area (Å²) in [5.41, 5.74) is 0. The second-order valence-corrected chi connectivity index (χ2v) is 3.89. The molecule has 1 unspecified atom stereocenters. The first-order valence-corrected chi connectivity index (χ1v) is 5.68. The first-order chi connectivity index (χ1) is 6.43. The third-order valence-corrected chi connectivity index (χ3v) is 2.62. The van der Waals surface area contributed by atoms with E-state index in [1.54, 1.807) is 4.90 Å². The second-order valence-electron chi connectivity index (χ2n) is 3.89. The van der Waals surface area contributed by atoms with Crippen molar-refractivity contribution >= 4 is 0 Å². The third kappa shape index (κ3) is 6.00. The molecule has 1 heterocycles. The van der Waals surface area contributed by atoms with Crippen LogP contribution in [0.15, 0.2) is 12.4 Å². The zero-order valence-electron chi connectivity index (χ0n) is 9.26. The van der Waals surface area contributed by atoms with Crippen LogP contribution in [0.1, 0.15) is 45.4 Å². The van der Waals surface area contributed by atoms with E-state index in [1.165, 1.54) is 45.1 Å². The highest BCUT2D eigenvalue weighted by Crippen LogP contribution is 2.03. The lowest BCUT2D eigenvalue weighted by atomic mass is 10.1. The minimum absolute atomic E-state index is 0. The minimum Gasteiger partial charge on any atom is -0.870 e. The Bertz CT molecular complexity index is 148. The molecule has 0 spiro atoms. The van der Waals surface area contributed by atoms with Crippen molar-refractivity contribution in [3.8, 4) is 0 Å². The first-order valence-electron chi connectivity index (χ1n) is 5.68. The van der Waals surface area contributed by atoms with Gasteiger partial charge in [0.05, 0.1) is 12.7 Å². The Morgan fingerprint density at radius 3 is 2.50 bits per heavy atom. The third-order valence-electron chi connectivity index (χ3n) is 2.62. The molecule has 0 amide bonds. The first kappa shape index (κ1) is 13.5. The van der Waals surface area contributed by atoms with E-state index >= 15 is 0 Å². The Morgan fingerprint density at radius 2 is 1.86 bits per heavy atom. The summed E-state index contributed by atoms with van der Waals surface area (Å²) in [5.74, 6) is 0. The maximum absolute atomic E-state index is 3.22. The van der Waals surface area contributed by atoms with Crippen molar-refractivity contribution in [3.05, 3.63) is 12.4 Å². The van der Waals surface area contributed by atoms with Crippen molar-refractivity contribution in [2.75, 3.05) is 13.2 Å². The number of hydrogen-bond acceptors (Lipinski definition) is 2. The van der Waals surface area contributed by atoms with Crippen molar-refractivity contribution < 1.29 is 10.4 Å². The van der Waals surface area contributed by atoms with Gasteiger partial charge in [-0.2, -0.15) is 0 Å². The molecule has 0 saturated heterocycles. The fourth-order valence-electron chi connectivity index (χ4n) is 1.73. The molecule has 3 nitrogen and oxygen atoms in total. The van der Waals surface area contributed by atoms with E-state index in [1.807, 2.05) is 0 Å². The van der Waals surface area contributed by atoms with E-state index in [-0.39, 0.29) is 5.48 Å². The molecule has 0 saturated carbocycles. The van der Waals surface area contributed by atoms with Gasteiger partial charge in [0.25, 0.3) is 0 Å². The smallest absolute Gasteiger partial charge is 0.154 e. The lowest BCUT2D eigenvalue weighted by molar-refractivity contribution is -0.843. The molecule has 1 atom stereocenters. The van der Waals surface area contributed by atoms with Crippen LogP contribution in [0.4, 0.5) is 0 Å². The summed E-state index contributed by atoms with van der Waals surface area (Å²) in [5, 5.41) is 3.22. The minimum atomic E-state index is 0. The Kier molecular flexibility index (Phi) is 8.68. The van der Waals surface area contributed by atoms with Gasteiger partial charge in [-0.25, -0.2) is 0 Å². The van der Waals surface area contributed by atoms with Crippen molar-refractivity contribution in [2.24, 2.45) is 0 Å². The van der Waals surface area contributed by atoms with Crippen LogP contribution in [0.2, 0.25) is 0 Å². The molecule has 1 aliphatic heterocycles. The lowest BCUT2D eigenvalue weighted by Crippen LogP contribution is -3.07. The van der Waals surface area contributed by atoms with E-state index in [0.717, 1.165) is 6.67 Å². The molecule has 0 aromatic heterocycles. The van der Waals surface area contributed by atoms with Gasteiger partial charge in [0.2, 0.25) is 0 Å². The average Bonchev–Trinajstić information content (AvgIpc) is 2.63. The highest BCUT2D eigenvalue weighted by Gasteiger charge is 2.06. The summed E-state index contributed by atoms with van der Waals surface area (Å²) in [6.45, 7) is 4.66. The summed E-state index contributed by atoms with van der Waals surface area (Å²) in [6.07, 6.45) is 12.7. The average molecular weight is 200 g/mol. The fraction of sp³-hybridized carbons (Fsp3) is 0.818. The van der Waals surface area contributed by atoms with Crippen LogP contribution in [-0.2, 0) is 0 Å². The Morgan fingerprint density at radius 1 is 1.14 bits per heavy atom. The molecule has 14 heavy (non-hydrogen) atoms. The lowest BCUT2D eigenvalue weighted by Gasteiger charge is -2.08. The predicted octanol–water partition coefficient (Wildman–Crippen LogP) is 1.09. The summed E-state index contributed by atoms with van der Waals surface area (Å²) in [6, 6.07) is 0. The van der Waals surface area contributed by atoms with Crippen LogP contribution in [0.5, 0.6) is 0 Å². The number of quaternary nitrogens is 1. The molecule has 0 fully saturated rings. The Balaban J connectivity index is 0.00000169. The van der Waals surface area contributed by atoms with Gasteiger partial charge in [0, 0.05) is 0 Å². The van der Waals surface area contributed by atoms with Crippen LogP contribution in [0.25, 0.3) is 0 Å². The molecular weight excluding hydrogens is 176 g/mol. The van der Waals surface area contributed by atoms with Crippen molar-refractivity contribution in [1.29, 1.82) is 0 Å². The molecular formula is C11H24N2O. The van der Waals surface area contributed by atoms with Crippen molar-refractivity contribution in [2.45, 2.75) is 45.4 Å². The largest absolute Gasteiger partial charge is 0.870 e. The molecule has 84 valence electrons. The molecule has 0 aliphatic carbocycles. The summed E-state index contributed by atoms with van der Waals surface area (Å²) >= 11 is 0. The topological polar surface area (TPSA) is 46.5 Å². The quantitative estimate of drug-likeness (QED) is 0.604. The van der Waals surface area contributed by atoms with Gasteiger partial charge in [0.1, 0.15) is 6.20 Å². The molecule has 0 bridgehead atoms. The summed E-state index contributed by atoms with van der Waals surface area (Å²) in [4.78, 5) is 1.58. The standard InChI is InChI=1S/C11H22N2.H2O/c1-2-3-4-5-6-7-9-13-10-8-12-11-13;/h8,10,12H,2-7,9,11H2,1H3;1H2. The Labute approximate surface area is 87.5 Å². The fourth-order valence-corrected chi connectivity index (χ4v) is 1.73. The summed E-state index contributed by atoms with van der Waals surface area (Å²) in [7, 11) is 0. The van der Waals surface area contributed by atoms with E-state index in [4.69, 9.17) is 0 Å². The normalized spacial score (nSPS) is 19.1. The zero-order chi connectivity index (χ0) is 9.36. The number of unbranched alkanes of at least 4 members (excludes halogenated alkanes) is 5. The van der Waals surface area contributed by atoms with Gasteiger partial charge in [-0.15, -0.1) is 0 Å². The van der Waals surface area contributed by atoms with E-state index in [0.29, 0.717) is 0 Å². The van der Waals surface area contributed by atoms with Gasteiger partial charge in [-0.1, -0.05) is 32.6 Å². The SMILES string of the molecule is CCCCCCCC[NH+]1C=CNC1.[OH-]. The molecule has 0 aromatic carbocycles. The maximum atomic E-state index is 3.22. The zero-order valence-corrected chi connectivity index (χ0v) is 9.26. The van der Waals surface area contributed by atoms with E-state index in [2.05, 4.69) is 24.6 Å². The number of rotatable bonds is 7. The van der Waals surface area contributed by atoms with Gasteiger partial charge >= 0.3 is 0 Å². The van der Waals surface area contributed by atoms with Gasteiger partial charge in [-0.05, 0) is 12.8 Å². The van der Waals surface area contributed by atoms with Crippen LogP contribution < -0.4 is 10.2 Å². The van der Waals surface area contributed by atoms with Crippen LogP contribution >= 0.6 is 0 Å². The Hall–Kier alpha value is -0.540. The van der Waals surface area contributed by atoms with Crippen LogP contribution in [0, 0.1) is 0 Å². The molecule has 0 aromatic rings. The van der Waals surface area contributed by atoms with E-state index < -0.39 is 0 Å². The van der Waals surface area contributed by atoms with Crippen LogP contribution in [-0.4, -0.2) is 18.7 Å². The molecule has 1 rings (SSSR count). The molecule has 3 heteroatoms. The van der Waals surface area contributed by atoms with Gasteiger partial charge in [0.15, 0.2) is 6.67 Å². The van der Waals surface area contributed by atoms with Crippen molar-refractivity contribution in [1.82, 2.24) is 5.32 Å².